The smallest absolute Gasteiger partial charge is 0.325 e. The van der Waals surface area contributed by atoms with Gasteiger partial charge in [-0.2, -0.15) is 0 Å². The van der Waals surface area contributed by atoms with Gasteiger partial charge >= 0.3 is 12.0 Å². The number of carbonyl (C=O) groups excluding carboxylic acids is 2. The van der Waals surface area contributed by atoms with Gasteiger partial charge in [-0.3, -0.25) is 4.79 Å². The summed E-state index contributed by atoms with van der Waals surface area (Å²) in [5.74, 6) is -0.345. The van der Waals surface area contributed by atoms with Crippen LogP contribution in [0, 0.1) is 0 Å². The normalized spacial score (nSPS) is 16.1. The number of esters is 1. The van der Waals surface area contributed by atoms with Crippen molar-refractivity contribution in [2.45, 2.75) is 19.4 Å². The van der Waals surface area contributed by atoms with Crippen LogP contribution in [0.3, 0.4) is 0 Å². The van der Waals surface area contributed by atoms with Crippen LogP contribution in [-0.2, 0) is 16.1 Å². The summed E-state index contributed by atoms with van der Waals surface area (Å²) in [7, 11) is 2.06. The number of nitrogens with zero attached hydrogens (tertiary/aromatic N) is 1. The Morgan fingerprint density at radius 1 is 1.21 bits per heavy atom. The van der Waals surface area contributed by atoms with Gasteiger partial charge < -0.3 is 20.3 Å². The highest BCUT2D eigenvalue weighted by atomic mass is 35.5. The first-order valence-corrected chi connectivity index (χ1v) is 10.1. The molecule has 0 fully saturated rings. The van der Waals surface area contributed by atoms with Gasteiger partial charge in [0.25, 0.3) is 0 Å². The number of ether oxygens (including phenoxy) is 1. The first kappa shape index (κ1) is 21.4. The van der Waals surface area contributed by atoms with E-state index in [0.29, 0.717) is 15.7 Å². The molecule has 1 aliphatic heterocycles. The van der Waals surface area contributed by atoms with Crippen LogP contribution in [0.1, 0.15) is 29.5 Å². The minimum atomic E-state index is -0.476. The zero-order valence-corrected chi connectivity index (χ0v) is 17.8. The van der Waals surface area contributed by atoms with Crippen LogP contribution in [0.4, 0.5) is 10.5 Å². The minimum absolute atomic E-state index is 0.131. The molecule has 1 heterocycles. The molecule has 8 heteroatoms. The molecule has 2 aromatic carbocycles. The van der Waals surface area contributed by atoms with E-state index in [1.807, 2.05) is 30.3 Å². The Kier molecular flexibility index (Phi) is 7.00. The molecule has 0 bridgehead atoms. The number of rotatable bonds is 5. The summed E-state index contributed by atoms with van der Waals surface area (Å²) in [5, 5.41) is 6.48. The summed E-state index contributed by atoms with van der Waals surface area (Å²) >= 11 is 12.7. The van der Waals surface area contributed by atoms with Crippen LogP contribution in [0.2, 0.25) is 10.0 Å². The van der Waals surface area contributed by atoms with Gasteiger partial charge in [-0.1, -0.05) is 35.3 Å². The second-order valence-corrected chi connectivity index (χ2v) is 7.78. The number of hydrogen-bond acceptors (Lipinski definition) is 4. The van der Waals surface area contributed by atoms with E-state index >= 15 is 0 Å². The molecule has 3 rings (SSSR count). The van der Waals surface area contributed by atoms with E-state index in [0.717, 1.165) is 29.8 Å². The molecular weight excluding hydrogens is 413 g/mol. The van der Waals surface area contributed by atoms with Crippen molar-refractivity contribution in [3.63, 3.8) is 0 Å². The maximum Gasteiger partial charge on any atom is 0.325 e. The Labute approximate surface area is 180 Å². The van der Waals surface area contributed by atoms with Gasteiger partial charge in [0.05, 0.1) is 6.61 Å². The van der Waals surface area contributed by atoms with E-state index in [9.17, 15) is 9.59 Å². The molecule has 1 aliphatic rings. The largest absolute Gasteiger partial charge is 0.465 e. The van der Waals surface area contributed by atoms with Crippen LogP contribution in [0.15, 0.2) is 36.4 Å². The third kappa shape index (κ3) is 5.41. The fraction of sp³-hybridized carbons (Fsp3) is 0.333. The average molecular weight is 436 g/mol. The average Bonchev–Trinajstić information content (AvgIpc) is 2.67. The van der Waals surface area contributed by atoms with Gasteiger partial charge in [-0.15, -0.1) is 0 Å². The van der Waals surface area contributed by atoms with E-state index in [1.54, 1.807) is 13.0 Å². The van der Waals surface area contributed by atoms with Gasteiger partial charge in [-0.25, -0.2) is 4.79 Å². The molecule has 2 aromatic rings. The van der Waals surface area contributed by atoms with Crippen molar-refractivity contribution in [2.24, 2.45) is 0 Å². The molecule has 0 unspecified atom stereocenters. The zero-order valence-electron chi connectivity index (χ0n) is 16.3. The predicted molar refractivity (Wildman–Crippen MR) is 115 cm³/mol. The second kappa shape index (κ2) is 9.48. The molecule has 29 heavy (non-hydrogen) atoms. The molecule has 2 amide bonds. The number of likely N-dealkylation sites (N-methyl/N-ethyl adjacent to an activating group) is 1. The first-order valence-electron chi connectivity index (χ1n) is 9.34. The zero-order chi connectivity index (χ0) is 21.0. The predicted octanol–water partition coefficient (Wildman–Crippen LogP) is 4.26. The van der Waals surface area contributed by atoms with Crippen molar-refractivity contribution in [1.82, 2.24) is 10.2 Å². The highest BCUT2D eigenvalue weighted by Crippen LogP contribution is 2.38. The number of anilines is 1. The Bertz CT molecular complexity index is 903. The number of benzene rings is 2. The lowest BCUT2D eigenvalue weighted by Gasteiger charge is -2.33. The molecule has 0 saturated carbocycles. The molecule has 154 valence electrons. The van der Waals surface area contributed by atoms with Crippen molar-refractivity contribution in [1.29, 1.82) is 0 Å². The molecule has 0 spiro atoms. The molecule has 2 N–H and O–H groups in total. The maximum absolute atomic E-state index is 11.9. The fourth-order valence-corrected chi connectivity index (χ4v) is 4.04. The van der Waals surface area contributed by atoms with Crippen LogP contribution >= 0.6 is 23.2 Å². The monoisotopic (exact) mass is 435 g/mol. The topological polar surface area (TPSA) is 70.7 Å². The van der Waals surface area contributed by atoms with Gasteiger partial charge in [0.15, 0.2) is 0 Å². The van der Waals surface area contributed by atoms with E-state index in [1.165, 1.54) is 0 Å². The van der Waals surface area contributed by atoms with Crippen LogP contribution < -0.4 is 10.6 Å². The summed E-state index contributed by atoms with van der Waals surface area (Å²) in [6.07, 6.45) is 0. The Balaban J connectivity index is 1.71. The van der Waals surface area contributed by atoms with Crippen molar-refractivity contribution in [2.75, 3.05) is 32.1 Å². The number of carbonyl (C=O) groups is 2. The van der Waals surface area contributed by atoms with Crippen molar-refractivity contribution in [3.05, 3.63) is 63.1 Å². The van der Waals surface area contributed by atoms with Crippen LogP contribution in [0.5, 0.6) is 0 Å². The fourth-order valence-electron chi connectivity index (χ4n) is 3.47. The molecule has 0 saturated heterocycles. The number of urea groups is 1. The van der Waals surface area contributed by atoms with E-state index in [-0.39, 0.29) is 19.1 Å². The molecule has 0 aromatic heterocycles. The van der Waals surface area contributed by atoms with E-state index < -0.39 is 12.0 Å². The van der Waals surface area contributed by atoms with Gasteiger partial charge in [-0.05, 0) is 54.9 Å². The summed E-state index contributed by atoms with van der Waals surface area (Å²) in [4.78, 5) is 25.5. The van der Waals surface area contributed by atoms with E-state index in [4.69, 9.17) is 27.9 Å². The molecule has 0 aliphatic carbocycles. The standard InChI is InChI=1S/C21H23Cl2N3O3/c1-3-29-20(27)10-24-21(28)25-15-6-4-13(5-7-15)17-11-26(2)12-18-16(17)8-14(22)9-19(18)23/h4-9,17H,3,10-12H2,1-2H3,(H2,24,25,28)/t17-/m0/s1. The van der Waals surface area contributed by atoms with E-state index in [2.05, 4.69) is 22.6 Å². The van der Waals surface area contributed by atoms with Crippen molar-refractivity contribution in [3.8, 4) is 0 Å². The maximum atomic E-state index is 11.9. The lowest BCUT2D eigenvalue weighted by Crippen LogP contribution is -2.34. The molecule has 1 atom stereocenters. The Morgan fingerprint density at radius 3 is 2.62 bits per heavy atom. The second-order valence-electron chi connectivity index (χ2n) is 6.94. The van der Waals surface area contributed by atoms with Crippen LogP contribution in [-0.4, -0.2) is 43.6 Å². The lowest BCUT2D eigenvalue weighted by atomic mass is 9.85. The van der Waals surface area contributed by atoms with Crippen molar-refractivity contribution >= 4 is 40.9 Å². The number of halogens is 2. The quantitative estimate of drug-likeness (QED) is 0.688. The summed E-state index contributed by atoms with van der Waals surface area (Å²) in [5.41, 5.74) is 3.96. The minimum Gasteiger partial charge on any atom is -0.465 e. The Hall–Kier alpha value is -2.28. The highest BCUT2D eigenvalue weighted by Gasteiger charge is 2.27. The number of hydrogen-bond donors (Lipinski definition) is 2. The van der Waals surface area contributed by atoms with Gasteiger partial charge in [0, 0.05) is 34.7 Å². The number of amides is 2. The summed E-state index contributed by atoms with van der Waals surface area (Å²) in [6, 6.07) is 10.9. The molecular formula is C21H23Cl2N3O3. The lowest BCUT2D eigenvalue weighted by molar-refractivity contribution is -0.141. The third-order valence-corrected chi connectivity index (χ3v) is 5.32. The molecule has 0 radical (unpaired) electrons. The third-order valence-electron chi connectivity index (χ3n) is 4.76. The van der Waals surface area contributed by atoms with Crippen molar-refractivity contribution < 1.29 is 14.3 Å². The number of nitrogens with one attached hydrogen (secondary N) is 2. The van der Waals surface area contributed by atoms with Gasteiger partial charge in [0.1, 0.15) is 6.54 Å². The molecule has 6 nitrogen and oxygen atoms in total. The Morgan fingerprint density at radius 2 is 1.93 bits per heavy atom. The first-order chi connectivity index (χ1) is 13.9. The highest BCUT2D eigenvalue weighted by molar-refractivity contribution is 6.35. The number of fused-ring (bicyclic) bond motifs is 1. The van der Waals surface area contributed by atoms with Gasteiger partial charge in [0.2, 0.25) is 0 Å². The summed E-state index contributed by atoms with van der Waals surface area (Å²) in [6.45, 7) is 3.44. The SMILES string of the molecule is CCOC(=O)CNC(=O)Nc1ccc([C@@H]2CN(C)Cc3c(Cl)cc(Cl)cc32)cc1. The summed E-state index contributed by atoms with van der Waals surface area (Å²) < 4.78 is 4.78. The van der Waals surface area contributed by atoms with Crippen LogP contribution in [0.25, 0.3) is 0 Å².